The van der Waals surface area contributed by atoms with E-state index in [1.54, 1.807) is 12.1 Å². The monoisotopic (exact) mass is 371 g/mol. The molecule has 24 heavy (non-hydrogen) atoms. The third-order valence-electron chi connectivity index (χ3n) is 4.06. The van der Waals surface area contributed by atoms with Crippen LogP contribution in [0.15, 0.2) is 18.2 Å². The number of aryl methyl sites for hydroxylation is 2. The van der Waals surface area contributed by atoms with Crippen LogP contribution in [0, 0.1) is 13.8 Å². The Morgan fingerprint density at radius 3 is 2.58 bits per heavy atom. The Morgan fingerprint density at radius 2 is 2.04 bits per heavy atom. The molecule has 2 atom stereocenters. The molecule has 0 bridgehead atoms. The van der Waals surface area contributed by atoms with E-state index < -0.39 is 27.8 Å². The molecule has 132 valence electrons. The summed E-state index contributed by atoms with van der Waals surface area (Å²) in [5.41, 5.74) is 2.53. The lowest BCUT2D eigenvalue weighted by molar-refractivity contribution is -0.141. The van der Waals surface area contributed by atoms with Gasteiger partial charge in [0.15, 0.2) is 15.9 Å². The number of rotatable bonds is 6. The van der Waals surface area contributed by atoms with Crippen molar-refractivity contribution in [2.24, 2.45) is 0 Å². The number of carbonyl (C=O) groups is 2. The number of nitrogens with one attached hydrogen (secondary N) is 1. The summed E-state index contributed by atoms with van der Waals surface area (Å²) < 4.78 is 22.8. The fraction of sp³-hybridized carbons (Fsp3) is 0.500. The first-order valence-corrected chi connectivity index (χ1v) is 10.5. The highest BCUT2D eigenvalue weighted by molar-refractivity contribution is 8.02. The summed E-state index contributed by atoms with van der Waals surface area (Å²) in [5, 5.41) is 11.8. The van der Waals surface area contributed by atoms with Crippen LogP contribution in [0.4, 0.5) is 0 Å². The van der Waals surface area contributed by atoms with Gasteiger partial charge in [0.1, 0.15) is 0 Å². The first-order valence-electron chi connectivity index (χ1n) is 7.59. The molecule has 0 radical (unpaired) electrons. The summed E-state index contributed by atoms with van der Waals surface area (Å²) in [6.45, 7) is 3.82. The zero-order valence-electron chi connectivity index (χ0n) is 13.6. The molecule has 1 aliphatic rings. The molecule has 6 nitrogen and oxygen atoms in total. The molecule has 2 N–H and O–H groups in total. The molecule has 1 fully saturated rings. The number of aliphatic carboxylic acids is 1. The minimum Gasteiger partial charge on any atom is -0.479 e. The highest BCUT2D eigenvalue weighted by Crippen LogP contribution is 2.24. The number of carboxylic acids is 1. The Bertz CT molecular complexity index is 745. The molecule has 0 saturated carbocycles. The summed E-state index contributed by atoms with van der Waals surface area (Å²) in [4.78, 5) is 23.5. The number of hydrogen-bond acceptors (Lipinski definition) is 5. The van der Waals surface area contributed by atoms with Crippen LogP contribution in [-0.4, -0.2) is 47.9 Å². The van der Waals surface area contributed by atoms with Crippen molar-refractivity contribution in [2.45, 2.75) is 31.6 Å². The van der Waals surface area contributed by atoms with Gasteiger partial charge in [0.05, 0.1) is 17.3 Å². The van der Waals surface area contributed by atoms with E-state index in [2.05, 4.69) is 5.32 Å². The van der Waals surface area contributed by atoms with Gasteiger partial charge < -0.3 is 10.4 Å². The lowest BCUT2D eigenvalue weighted by atomic mass is 10.0. The lowest BCUT2D eigenvalue weighted by Crippen LogP contribution is -2.35. The zero-order valence-corrected chi connectivity index (χ0v) is 15.2. The third kappa shape index (κ3) is 4.98. The van der Waals surface area contributed by atoms with E-state index in [0.717, 1.165) is 11.1 Å². The number of amides is 1. The van der Waals surface area contributed by atoms with E-state index in [1.807, 2.05) is 19.9 Å². The van der Waals surface area contributed by atoms with Crippen molar-refractivity contribution >= 4 is 33.5 Å². The molecule has 0 aromatic heterocycles. The van der Waals surface area contributed by atoms with Crippen LogP contribution >= 0.6 is 11.8 Å². The van der Waals surface area contributed by atoms with Crippen LogP contribution in [0.2, 0.25) is 0 Å². The summed E-state index contributed by atoms with van der Waals surface area (Å²) in [7, 11) is -2.98. The predicted octanol–water partition coefficient (Wildman–Crippen LogP) is 1.47. The summed E-state index contributed by atoms with van der Waals surface area (Å²) in [6, 6.07) is 4.17. The van der Waals surface area contributed by atoms with Crippen LogP contribution in [0.3, 0.4) is 0 Å². The van der Waals surface area contributed by atoms with E-state index in [-0.39, 0.29) is 22.5 Å². The maximum absolute atomic E-state index is 12.1. The number of hydrogen-bond donors (Lipinski definition) is 2. The first-order chi connectivity index (χ1) is 11.2. The molecule has 1 aromatic carbocycles. The van der Waals surface area contributed by atoms with E-state index in [9.17, 15) is 23.1 Å². The molecular formula is C16H21NO5S2. The highest BCUT2D eigenvalue weighted by Gasteiger charge is 2.29. The number of sulfone groups is 1. The maximum Gasteiger partial charge on any atom is 0.330 e. The normalized spacial score (nSPS) is 20.5. The fourth-order valence-corrected chi connectivity index (χ4v) is 5.97. The van der Waals surface area contributed by atoms with Gasteiger partial charge in [-0.3, -0.25) is 4.79 Å². The number of carbonyl (C=O) groups excluding carboxylic acids is 1. The van der Waals surface area contributed by atoms with Crippen molar-refractivity contribution in [3.8, 4) is 0 Å². The predicted molar refractivity (Wildman–Crippen MR) is 94.0 cm³/mol. The van der Waals surface area contributed by atoms with Crippen molar-refractivity contribution in [3.63, 3.8) is 0 Å². The van der Waals surface area contributed by atoms with Gasteiger partial charge >= 0.3 is 5.97 Å². The van der Waals surface area contributed by atoms with Gasteiger partial charge in [-0.05, 0) is 37.0 Å². The lowest BCUT2D eigenvalue weighted by Gasteiger charge is -2.16. The molecular weight excluding hydrogens is 350 g/mol. The van der Waals surface area contributed by atoms with Gasteiger partial charge in [-0.1, -0.05) is 18.2 Å². The molecule has 0 aliphatic carbocycles. The minimum absolute atomic E-state index is 0.0504. The van der Waals surface area contributed by atoms with Crippen molar-refractivity contribution in [1.29, 1.82) is 0 Å². The molecule has 1 amide bonds. The van der Waals surface area contributed by atoms with Crippen molar-refractivity contribution in [1.82, 2.24) is 5.32 Å². The zero-order chi connectivity index (χ0) is 17.9. The fourth-order valence-electron chi connectivity index (χ4n) is 2.52. The van der Waals surface area contributed by atoms with Crippen LogP contribution in [0.25, 0.3) is 0 Å². The second kappa shape index (κ2) is 7.57. The van der Waals surface area contributed by atoms with Gasteiger partial charge in [-0.25, -0.2) is 13.2 Å². The van der Waals surface area contributed by atoms with E-state index in [1.165, 1.54) is 11.8 Å². The van der Waals surface area contributed by atoms with Crippen molar-refractivity contribution in [2.75, 3.05) is 17.3 Å². The second-order valence-electron chi connectivity index (χ2n) is 6.02. The average molecular weight is 371 g/mol. The Balaban J connectivity index is 1.96. The second-order valence-corrected chi connectivity index (χ2v) is 9.54. The van der Waals surface area contributed by atoms with Crippen molar-refractivity contribution in [3.05, 3.63) is 34.9 Å². The molecule has 1 heterocycles. The van der Waals surface area contributed by atoms with Gasteiger partial charge in [-0.2, -0.15) is 0 Å². The number of thioether (sulfide) groups is 1. The molecule has 1 aromatic rings. The Hall–Kier alpha value is -1.54. The van der Waals surface area contributed by atoms with Crippen LogP contribution < -0.4 is 5.32 Å². The Kier molecular flexibility index (Phi) is 5.92. The smallest absolute Gasteiger partial charge is 0.330 e. The minimum atomic E-state index is -2.98. The number of benzene rings is 1. The van der Waals surface area contributed by atoms with Crippen molar-refractivity contribution < 1.29 is 23.1 Å². The van der Waals surface area contributed by atoms with Crippen LogP contribution in [0.5, 0.6) is 0 Å². The van der Waals surface area contributed by atoms with Gasteiger partial charge in [0, 0.05) is 5.25 Å². The highest BCUT2D eigenvalue weighted by atomic mass is 32.2. The Morgan fingerprint density at radius 1 is 1.33 bits per heavy atom. The van der Waals surface area contributed by atoms with E-state index in [4.69, 9.17) is 0 Å². The van der Waals surface area contributed by atoms with Crippen LogP contribution in [0.1, 0.15) is 29.2 Å². The first kappa shape index (κ1) is 18.8. The summed E-state index contributed by atoms with van der Waals surface area (Å²) in [5.74, 6) is -1.23. The SMILES string of the molecule is Cc1ccc(C(NC(=O)CSC2CCS(=O)(=O)C2)C(=O)O)cc1C. The molecule has 0 spiro atoms. The third-order valence-corrected chi connectivity index (χ3v) is 7.34. The number of carboxylic acid groups (broad SMARTS) is 1. The van der Waals surface area contributed by atoms with E-state index >= 15 is 0 Å². The Labute approximate surface area is 145 Å². The summed E-state index contributed by atoms with van der Waals surface area (Å²) in [6.07, 6.45) is 0.541. The molecule has 1 saturated heterocycles. The quantitative estimate of drug-likeness (QED) is 0.785. The molecule has 8 heteroatoms. The van der Waals surface area contributed by atoms with Crippen LogP contribution in [-0.2, 0) is 19.4 Å². The topological polar surface area (TPSA) is 101 Å². The van der Waals surface area contributed by atoms with E-state index in [0.29, 0.717) is 12.0 Å². The largest absolute Gasteiger partial charge is 0.479 e. The summed E-state index contributed by atoms with van der Waals surface area (Å²) >= 11 is 1.26. The van der Waals surface area contributed by atoms with Gasteiger partial charge in [0.2, 0.25) is 5.91 Å². The standard InChI is InChI=1S/C16H21NO5S2/c1-10-3-4-12(7-11(10)2)15(16(19)20)17-14(18)8-23-13-5-6-24(21,22)9-13/h3-4,7,13,15H,5-6,8-9H2,1-2H3,(H,17,18)(H,19,20). The van der Waals surface area contributed by atoms with Gasteiger partial charge in [-0.15, -0.1) is 11.8 Å². The van der Waals surface area contributed by atoms with Gasteiger partial charge in [0.25, 0.3) is 0 Å². The maximum atomic E-state index is 12.1. The molecule has 2 unspecified atom stereocenters. The molecule has 2 rings (SSSR count). The molecule has 1 aliphatic heterocycles. The average Bonchev–Trinajstić information content (AvgIpc) is 2.84.